The summed E-state index contributed by atoms with van der Waals surface area (Å²) in [6.07, 6.45) is 9.98. The van der Waals surface area contributed by atoms with Crippen molar-refractivity contribution in [2.75, 3.05) is 0 Å². The van der Waals surface area contributed by atoms with Gasteiger partial charge in [0.1, 0.15) is 0 Å². The fourth-order valence-corrected chi connectivity index (χ4v) is 4.63. The lowest BCUT2D eigenvalue weighted by Crippen LogP contribution is -2.45. The summed E-state index contributed by atoms with van der Waals surface area (Å²) in [5.74, 6) is 0.914. The zero-order valence-corrected chi connectivity index (χ0v) is 13.8. The molecule has 0 amide bonds. The van der Waals surface area contributed by atoms with E-state index in [9.17, 15) is 0 Å². The van der Waals surface area contributed by atoms with Crippen LogP contribution in [0.3, 0.4) is 0 Å². The number of fused-ring (bicyclic) bond motifs is 1. The van der Waals surface area contributed by atoms with Gasteiger partial charge in [-0.2, -0.15) is 0 Å². The molecule has 2 aromatic rings. The lowest BCUT2D eigenvalue weighted by Gasteiger charge is -2.36. The van der Waals surface area contributed by atoms with Gasteiger partial charge in [0.25, 0.3) is 0 Å². The van der Waals surface area contributed by atoms with Gasteiger partial charge in [0, 0.05) is 12.0 Å². The summed E-state index contributed by atoms with van der Waals surface area (Å²) in [6, 6.07) is 8.39. The highest BCUT2D eigenvalue weighted by Crippen LogP contribution is 2.36. The second kappa shape index (κ2) is 6.45. The second-order valence-corrected chi connectivity index (χ2v) is 7.82. The summed E-state index contributed by atoms with van der Waals surface area (Å²) in [5.41, 5.74) is 7.78. The molecule has 2 N–H and O–H groups in total. The summed E-state index contributed by atoms with van der Waals surface area (Å²) in [4.78, 5) is 4.76. The Morgan fingerprint density at radius 3 is 2.76 bits per heavy atom. The van der Waals surface area contributed by atoms with Crippen LogP contribution >= 0.6 is 11.3 Å². The van der Waals surface area contributed by atoms with Crippen LogP contribution in [0.25, 0.3) is 10.2 Å². The number of para-hydroxylation sites is 1. The topological polar surface area (TPSA) is 38.9 Å². The largest absolute Gasteiger partial charge is 0.325 e. The van der Waals surface area contributed by atoms with Crippen molar-refractivity contribution in [3.05, 3.63) is 29.3 Å². The van der Waals surface area contributed by atoms with Crippen LogP contribution in [0.1, 0.15) is 56.9 Å². The monoisotopic (exact) mass is 302 g/mol. The number of nitrogens with zero attached hydrogens (tertiary/aromatic N) is 1. The van der Waals surface area contributed by atoms with Gasteiger partial charge < -0.3 is 5.73 Å². The van der Waals surface area contributed by atoms with Crippen LogP contribution in [0.4, 0.5) is 0 Å². The molecule has 1 aliphatic rings. The number of nitrogens with two attached hydrogens (primary N) is 1. The minimum Gasteiger partial charge on any atom is -0.325 e. The minimum atomic E-state index is -0.0173. The van der Waals surface area contributed by atoms with Crippen LogP contribution in [0.15, 0.2) is 24.3 Å². The molecule has 21 heavy (non-hydrogen) atoms. The quantitative estimate of drug-likeness (QED) is 0.851. The van der Waals surface area contributed by atoms with Crippen molar-refractivity contribution >= 4 is 21.6 Å². The first-order valence-electron chi connectivity index (χ1n) is 8.32. The van der Waals surface area contributed by atoms with Crippen molar-refractivity contribution in [2.45, 2.75) is 63.8 Å². The highest BCUT2D eigenvalue weighted by molar-refractivity contribution is 7.18. The van der Waals surface area contributed by atoms with E-state index in [4.69, 9.17) is 10.7 Å². The van der Waals surface area contributed by atoms with Gasteiger partial charge in [-0.25, -0.2) is 4.98 Å². The number of thiazole rings is 1. The normalized spacial score (nSPS) is 26.3. The van der Waals surface area contributed by atoms with Gasteiger partial charge in [0.05, 0.1) is 15.2 Å². The van der Waals surface area contributed by atoms with Crippen LogP contribution in [0, 0.1) is 5.92 Å². The molecule has 1 aromatic carbocycles. The van der Waals surface area contributed by atoms with E-state index in [1.807, 2.05) is 11.3 Å². The van der Waals surface area contributed by atoms with E-state index in [-0.39, 0.29) is 5.54 Å². The Morgan fingerprint density at radius 2 is 2.05 bits per heavy atom. The maximum Gasteiger partial charge on any atom is 0.0956 e. The number of aromatic nitrogens is 1. The van der Waals surface area contributed by atoms with E-state index in [2.05, 4.69) is 31.2 Å². The third-order valence-electron chi connectivity index (χ3n) is 4.91. The van der Waals surface area contributed by atoms with Gasteiger partial charge in [0.15, 0.2) is 0 Å². The molecular weight excluding hydrogens is 276 g/mol. The second-order valence-electron chi connectivity index (χ2n) is 6.70. The van der Waals surface area contributed by atoms with Gasteiger partial charge in [-0.1, -0.05) is 38.3 Å². The summed E-state index contributed by atoms with van der Waals surface area (Å²) in [5, 5.41) is 1.21. The fraction of sp³-hybridized carbons (Fsp3) is 0.611. The predicted molar refractivity (Wildman–Crippen MR) is 91.7 cm³/mol. The van der Waals surface area contributed by atoms with E-state index < -0.39 is 0 Å². The highest BCUT2D eigenvalue weighted by atomic mass is 32.1. The third kappa shape index (κ3) is 3.64. The van der Waals surface area contributed by atoms with Gasteiger partial charge >= 0.3 is 0 Å². The molecule has 0 spiro atoms. The smallest absolute Gasteiger partial charge is 0.0956 e. The molecule has 0 saturated heterocycles. The van der Waals surface area contributed by atoms with Gasteiger partial charge in [-0.15, -0.1) is 11.3 Å². The lowest BCUT2D eigenvalue weighted by molar-refractivity contribution is 0.221. The Hall–Kier alpha value is -0.930. The molecular formula is C18H26N2S. The van der Waals surface area contributed by atoms with Crippen molar-refractivity contribution in [1.82, 2.24) is 4.98 Å². The van der Waals surface area contributed by atoms with Crippen LogP contribution in [-0.4, -0.2) is 10.5 Å². The number of hydrogen-bond donors (Lipinski definition) is 1. The van der Waals surface area contributed by atoms with E-state index in [1.165, 1.54) is 41.8 Å². The first-order valence-corrected chi connectivity index (χ1v) is 9.13. The summed E-state index contributed by atoms with van der Waals surface area (Å²) in [7, 11) is 0. The summed E-state index contributed by atoms with van der Waals surface area (Å²) < 4.78 is 1.28. The summed E-state index contributed by atoms with van der Waals surface area (Å²) in [6.45, 7) is 2.28. The summed E-state index contributed by atoms with van der Waals surface area (Å²) >= 11 is 1.81. The average molecular weight is 302 g/mol. The highest BCUT2D eigenvalue weighted by Gasteiger charge is 2.32. The van der Waals surface area contributed by atoms with E-state index in [0.29, 0.717) is 0 Å². The molecule has 0 unspecified atom stereocenters. The molecule has 0 aliphatic heterocycles. The van der Waals surface area contributed by atoms with Gasteiger partial charge in [-0.05, 0) is 43.7 Å². The van der Waals surface area contributed by atoms with E-state index in [0.717, 1.165) is 30.7 Å². The number of benzene rings is 1. The van der Waals surface area contributed by atoms with Crippen LogP contribution < -0.4 is 5.73 Å². The standard InChI is InChI=1S/C18H26N2S/c1-2-3-6-14-9-11-18(19,12-10-14)13-17-20-15-7-4-5-8-16(15)21-17/h4-5,7-8,14H,2-3,6,9-13,19H2,1H3. The molecule has 2 nitrogen and oxygen atoms in total. The van der Waals surface area contributed by atoms with E-state index >= 15 is 0 Å². The first-order chi connectivity index (χ1) is 10.2. The molecule has 1 saturated carbocycles. The Balaban J connectivity index is 1.62. The maximum absolute atomic E-state index is 6.67. The Kier molecular flexibility index (Phi) is 4.60. The zero-order chi connectivity index (χ0) is 14.7. The number of unbranched alkanes of at least 4 members (excludes halogenated alkanes) is 1. The van der Waals surface area contributed by atoms with Crippen LogP contribution in [0.5, 0.6) is 0 Å². The number of rotatable bonds is 5. The van der Waals surface area contributed by atoms with Crippen molar-refractivity contribution in [2.24, 2.45) is 11.7 Å². The molecule has 0 radical (unpaired) electrons. The fourth-order valence-electron chi connectivity index (χ4n) is 3.51. The predicted octanol–water partition coefficient (Wildman–Crippen LogP) is 4.92. The molecule has 114 valence electrons. The maximum atomic E-state index is 6.67. The first kappa shape index (κ1) is 15.0. The molecule has 1 fully saturated rings. The van der Waals surface area contributed by atoms with Crippen molar-refractivity contribution < 1.29 is 0 Å². The van der Waals surface area contributed by atoms with Crippen molar-refractivity contribution in [3.8, 4) is 0 Å². The van der Waals surface area contributed by atoms with Gasteiger partial charge in [-0.3, -0.25) is 0 Å². The number of hydrogen-bond acceptors (Lipinski definition) is 3. The molecule has 3 heteroatoms. The molecule has 0 atom stereocenters. The SMILES string of the molecule is CCCCC1CCC(N)(Cc2nc3ccccc3s2)CC1. The van der Waals surface area contributed by atoms with Crippen molar-refractivity contribution in [3.63, 3.8) is 0 Å². The van der Waals surface area contributed by atoms with Gasteiger partial charge in [0.2, 0.25) is 0 Å². The Bertz CT molecular complexity index is 549. The minimum absolute atomic E-state index is 0.0173. The molecule has 1 heterocycles. The molecule has 0 bridgehead atoms. The Morgan fingerprint density at radius 1 is 1.29 bits per heavy atom. The molecule has 1 aliphatic carbocycles. The Labute approximate surface area is 131 Å². The average Bonchev–Trinajstić information content (AvgIpc) is 2.88. The van der Waals surface area contributed by atoms with Crippen molar-refractivity contribution in [1.29, 1.82) is 0 Å². The van der Waals surface area contributed by atoms with Crippen LogP contribution in [0.2, 0.25) is 0 Å². The molecule has 1 aromatic heterocycles. The zero-order valence-electron chi connectivity index (χ0n) is 13.0. The molecule has 3 rings (SSSR count). The lowest BCUT2D eigenvalue weighted by atomic mass is 9.74. The van der Waals surface area contributed by atoms with Crippen LogP contribution in [-0.2, 0) is 6.42 Å². The third-order valence-corrected chi connectivity index (χ3v) is 5.94. The van der Waals surface area contributed by atoms with E-state index in [1.54, 1.807) is 0 Å².